The number of rotatable bonds is 2. The summed E-state index contributed by atoms with van der Waals surface area (Å²) in [5.74, 6) is -0.0108. The predicted octanol–water partition coefficient (Wildman–Crippen LogP) is 1.42. The van der Waals surface area contributed by atoms with E-state index in [9.17, 15) is 0 Å². The zero-order valence-electron chi connectivity index (χ0n) is 4.06. The lowest BCUT2D eigenvalue weighted by Crippen LogP contribution is -2.08. The molecule has 0 rings (SSSR count). The Hall–Kier alpha value is 0.540. The summed E-state index contributed by atoms with van der Waals surface area (Å²) in [6, 6.07) is 0. The van der Waals surface area contributed by atoms with E-state index in [1.165, 1.54) is 0 Å². The minimum Gasteiger partial charge on any atom is -0.396 e. The number of alkyl halides is 2. The highest BCUT2D eigenvalue weighted by Gasteiger charge is 2.07. The van der Waals surface area contributed by atoms with Gasteiger partial charge in [0.15, 0.2) is 0 Å². The largest absolute Gasteiger partial charge is 0.396 e. The van der Waals surface area contributed by atoms with Gasteiger partial charge in [-0.15, -0.1) is 23.2 Å². The molecule has 7 heavy (non-hydrogen) atoms. The van der Waals surface area contributed by atoms with Crippen LogP contribution in [-0.2, 0) is 0 Å². The molecule has 3 heteroatoms. The highest BCUT2D eigenvalue weighted by molar-refractivity contribution is 6.44. The van der Waals surface area contributed by atoms with Gasteiger partial charge in [0.05, 0.1) is 0 Å². The summed E-state index contributed by atoms with van der Waals surface area (Å²) >= 11 is 10.7. The molecular formula is C4H8Cl2O. The molecule has 1 nitrogen and oxygen atoms in total. The summed E-state index contributed by atoms with van der Waals surface area (Å²) in [6.07, 6.45) is 0. The van der Waals surface area contributed by atoms with Crippen molar-refractivity contribution in [2.75, 3.05) is 6.61 Å². The minimum atomic E-state index is -0.440. The van der Waals surface area contributed by atoms with Crippen LogP contribution in [0.15, 0.2) is 0 Å². The first kappa shape index (κ1) is 7.54. The third-order valence-corrected chi connectivity index (χ3v) is 1.58. The highest BCUT2D eigenvalue weighted by atomic mass is 35.5. The number of aliphatic hydroxyl groups is 1. The van der Waals surface area contributed by atoms with E-state index < -0.39 is 4.84 Å². The lowest BCUT2D eigenvalue weighted by molar-refractivity contribution is 0.245. The van der Waals surface area contributed by atoms with Crippen molar-refractivity contribution in [3.8, 4) is 0 Å². The molecule has 1 N–H and O–H groups in total. The Kier molecular flexibility index (Phi) is 3.80. The summed E-state index contributed by atoms with van der Waals surface area (Å²) in [7, 11) is 0. The van der Waals surface area contributed by atoms with Crippen molar-refractivity contribution in [2.45, 2.75) is 11.8 Å². The maximum Gasteiger partial charge on any atom is 0.112 e. The van der Waals surface area contributed by atoms with Crippen LogP contribution in [0.4, 0.5) is 0 Å². The summed E-state index contributed by atoms with van der Waals surface area (Å²) in [4.78, 5) is -0.440. The van der Waals surface area contributed by atoms with E-state index in [-0.39, 0.29) is 12.5 Å². The lowest BCUT2D eigenvalue weighted by Gasteiger charge is -2.05. The van der Waals surface area contributed by atoms with E-state index in [4.69, 9.17) is 28.3 Å². The number of aliphatic hydroxyl groups excluding tert-OH is 1. The molecule has 0 aromatic carbocycles. The van der Waals surface area contributed by atoms with Crippen molar-refractivity contribution in [3.05, 3.63) is 0 Å². The van der Waals surface area contributed by atoms with Gasteiger partial charge in [-0.3, -0.25) is 0 Å². The second kappa shape index (κ2) is 3.53. The van der Waals surface area contributed by atoms with Crippen LogP contribution in [-0.4, -0.2) is 16.5 Å². The molecule has 0 radical (unpaired) electrons. The molecule has 0 aromatic heterocycles. The van der Waals surface area contributed by atoms with Crippen molar-refractivity contribution in [1.29, 1.82) is 0 Å². The summed E-state index contributed by atoms with van der Waals surface area (Å²) in [5.41, 5.74) is 0. The third-order valence-electron chi connectivity index (χ3n) is 0.718. The maximum absolute atomic E-state index is 8.34. The smallest absolute Gasteiger partial charge is 0.112 e. The number of halogens is 2. The van der Waals surface area contributed by atoms with E-state index >= 15 is 0 Å². The number of hydrogen-bond donors (Lipinski definition) is 1. The zero-order valence-corrected chi connectivity index (χ0v) is 5.58. The van der Waals surface area contributed by atoms with E-state index in [1.54, 1.807) is 6.92 Å². The molecule has 0 unspecified atom stereocenters. The normalized spacial score (nSPS) is 15.0. The van der Waals surface area contributed by atoms with Gasteiger partial charge in [-0.25, -0.2) is 0 Å². The number of hydrogen-bond acceptors (Lipinski definition) is 1. The van der Waals surface area contributed by atoms with Crippen LogP contribution >= 0.6 is 23.2 Å². The molecule has 0 saturated carbocycles. The molecular weight excluding hydrogens is 135 g/mol. The third kappa shape index (κ3) is 3.15. The van der Waals surface area contributed by atoms with Crippen LogP contribution in [0.3, 0.4) is 0 Å². The van der Waals surface area contributed by atoms with Crippen LogP contribution in [0.1, 0.15) is 6.92 Å². The first-order valence-electron chi connectivity index (χ1n) is 2.07. The Morgan fingerprint density at radius 3 is 2.00 bits per heavy atom. The molecule has 0 bridgehead atoms. The zero-order chi connectivity index (χ0) is 5.86. The fraction of sp³-hybridized carbons (Fsp3) is 1.00. The lowest BCUT2D eigenvalue weighted by atomic mass is 10.2. The predicted molar refractivity (Wildman–Crippen MR) is 31.7 cm³/mol. The van der Waals surface area contributed by atoms with Crippen LogP contribution < -0.4 is 0 Å². The van der Waals surface area contributed by atoms with Gasteiger partial charge in [0.25, 0.3) is 0 Å². The molecule has 0 aliphatic rings. The van der Waals surface area contributed by atoms with E-state index in [0.29, 0.717) is 0 Å². The van der Waals surface area contributed by atoms with Gasteiger partial charge in [0, 0.05) is 12.5 Å². The van der Waals surface area contributed by atoms with E-state index in [1.807, 2.05) is 0 Å². The minimum absolute atomic E-state index is 0.0108. The van der Waals surface area contributed by atoms with Gasteiger partial charge < -0.3 is 5.11 Å². The van der Waals surface area contributed by atoms with E-state index in [0.717, 1.165) is 0 Å². The molecule has 44 valence electrons. The fourth-order valence-electron chi connectivity index (χ4n) is 0.0797. The molecule has 0 heterocycles. The van der Waals surface area contributed by atoms with Crippen molar-refractivity contribution in [3.63, 3.8) is 0 Å². The van der Waals surface area contributed by atoms with Gasteiger partial charge in [-0.2, -0.15) is 0 Å². The fourth-order valence-corrected chi connectivity index (χ4v) is 0.239. The first-order chi connectivity index (χ1) is 3.18. The molecule has 0 aliphatic heterocycles. The summed E-state index contributed by atoms with van der Waals surface area (Å²) < 4.78 is 0. The highest BCUT2D eigenvalue weighted by Crippen LogP contribution is 2.12. The Morgan fingerprint density at radius 1 is 1.57 bits per heavy atom. The SMILES string of the molecule is C[C@@H](CO)C(Cl)Cl. The molecule has 0 spiro atoms. The molecule has 0 saturated heterocycles. The Balaban J connectivity index is 3.14. The van der Waals surface area contributed by atoms with Crippen LogP contribution in [0.2, 0.25) is 0 Å². The van der Waals surface area contributed by atoms with Gasteiger partial charge in [0.2, 0.25) is 0 Å². The Labute approximate surface area is 53.2 Å². The molecule has 0 fully saturated rings. The summed E-state index contributed by atoms with van der Waals surface area (Å²) in [6.45, 7) is 1.84. The Bertz CT molecular complexity index is 47.0. The average molecular weight is 143 g/mol. The van der Waals surface area contributed by atoms with Crippen LogP contribution in [0, 0.1) is 5.92 Å². The van der Waals surface area contributed by atoms with Gasteiger partial charge in [-0.1, -0.05) is 6.92 Å². The molecule has 1 atom stereocenters. The molecule has 0 aliphatic carbocycles. The van der Waals surface area contributed by atoms with Crippen LogP contribution in [0.5, 0.6) is 0 Å². The van der Waals surface area contributed by atoms with Crippen molar-refractivity contribution in [1.82, 2.24) is 0 Å². The van der Waals surface area contributed by atoms with E-state index in [2.05, 4.69) is 0 Å². The van der Waals surface area contributed by atoms with Gasteiger partial charge in [-0.05, 0) is 0 Å². The standard InChI is InChI=1S/C4H8Cl2O/c1-3(2-7)4(5)6/h3-4,7H,2H2,1H3/t3-/m0/s1. The first-order valence-corrected chi connectivity index (χ1v) is 2.94. The van der Waals surface area contributed by atoms with Crippen molar-refractivity contribution < 1.29 is 5.11 Å². The van der Waals surface area contributed by atoms with Gasteiger partial charge in [0.1, 0.15) is 4.84 Å². The second-order valence-corrected chi connectivity index (χ2v) is 2.66. The van der Waals surface area contributed by atoms with Crippen LogP contribution in [0.25, 0.3) is 0 Å². The quantitative estimate of drug-likeness (QED) is 0.579. The van der Waals surface area contributed by atoms with Crippen molar-refractivity contribution in [2.24, 2.45) is 5.92 Å². The van der Waals surface area contributed by atoms with Crippen molar-refractivity contribution >= 4 is 23.2 Å². The second-order valence-electron chi connectivity index (χ2n) is 1.49. The average Bonchev–Trinajstić information content (AvgIpc) is 1.65. The summed E-state index contributed by atoms with van der Waals surface area (Å²) in [5, 5.41) is 8.34. The molecule has 0 aromatic rings. The van der Waals surface area contributed by atoms with Gasteiger partial charge >= 0.3 is 0 Å². The monoisotopic (exact) mass is 142 g/mol. The molecule has 0 amide bonds. The topological polar surface area (TPSA) is 20.2 Å². The maximum atomic E-state index is 8.34. The Morgan fingerprint density at radius 2 is 2.00 bits per heavy atom.